The van der Waals surface area contributed by atoms with Crippen molar-refractivity contribution in [2.75, 3.05) is 20.7 Å². The molecule has 0 aliphatic heterocycles. The van der Waals surface area contributed by atoms with Crippen molar-refractivity contribution in [2.24, 2.45) is 0 Å². The maximum absolute atomic E-state index is 10.6. The van der Waals surface area contributed by atoms with Crippen LogP contribution in [0.15, 0.2) is 0 Å². The van der Waals surface area contributed by atoms with E-state index in [9.17, 15) is 9.59 Å². The quantitative estimate of drug-likeness (QED) is 0.383. The van der Waals surface area contributed by atoms with Gasteiger partial charge in [-0.3, -0.25) is 9.59 Å². The molecule has 0 spiro atoms. The van der Waals surface area contributed by atoms with Crippen LogP contribution in [0.4, 0.5) is 4.79 Å². The van der Waals surface area contributed by atoms with Crippen molar-refractivity contribution in [2.45, 2.75) is 12.8 Å². The van der Waals surface area contributed by atoms with Gasteiger partial charge in [0.15, 0.2) is 0 Å². The van der Waals surface area contributed by atoms with E-state index < -0.39 is 5.37 Å². The molecule has 0 aromatic carbocycles. The van der Waals surface area contributed by atoms with Gasteiger partial charge in [-0.25, -0.2) is 0 Å². The summed E-state index contributed by atoms with van der Waals surface area (Å²) in [6.07, 6.45) is 0.882. The van der Waals surface area contributed by atoms with Gasteiger partial charge in [-0.2, -0.15) is 0 Å². The molecule has 4 nitrogen and oxygen atoms in total. The Morgan fingerprint density at radius 3 is 2.50 bits per heavy atom. The van der Waals surface area contributed by atoms with Gasteiger partial charge in [0.25, 0.3) is 0 Å². The summed E-state index contributed by atoms with van der Waals surface area (Å²) in [5, 5.41) is -0.514. The van der Waals surface area contributed by atoms with Crippen molar-refractivity contribution in [3.05, 3.63) is 0 Å². The highest BCUT2D eigenvalue weighted by Gasteiger charge is 2.05. The van der Waals surface area contributed by atoms with Crippen molar-refractivity contribution in [1.82, 2.24) is 4.90 Å². The van der Waals surface area contributed by atoms with E-state index in [0.29, 0.717) is 19.4 Å². The number of carbonyl (C=O) groups excluding carboxylic acids is 2. The molecule has 0 saturated heterocycles. The lowest BCUT2D eigenvalue weighted by atomic mass is 10.3. The van der Waals surface area contributed by atoms with Gasteiger partial charge in [0.05, 0.1) is 7.11 Å². The molecule has 0 saturated carbocycles. The first-order chi connectivity index (χ1) is 5.57. The van der Waals surface area contributed by atoms with Crippen LogP contribution in [-0.2, 0) is 9.53 Å². The van der Waals surface area contributed by atoms with Crippen LogP contribution >= 0.6 is 11.6 Å². The zero-order chi connectivity index (χ0) is 9.56. The summed E-state index contributed by atoms with van der Waals surface area (Å²) in [6.45, 7) is 0.470. The number of esters is 1. The van der Waals surface area contributed by atoms with Crippen molar-refractivity contribution in [3.8, 4) is 0 Å². The van der Waals surface area contributed by atoms with Gasteiger partial charge in [-0.15, -0.1) is 0 Å². The molecule has 0 aliphatic carbocycles. The lowest BCUT2D eigenvalue weighted by molar-refractivity contribution is -0.140. The molecular formula is C7H12ClNO3. The van der Waals surface area contributed by atoms with Crippen molar-refractivity contribution < 1.29 is 14.3 Å². The standard InChI is InChI=1S/C7H12ClNO3/c1-9(7(8)11)5-3-4-6(10)12-2/h3-5H2,1-2H3. The van der Waals surface area contributed by atoms with Gasteiger partial charge < -0.3 is 9.64 Å². The van der Waals surface area contributed by atoms with Crippen LogP contribution in [0.2, 0.25) is 0 Å². The van der Waals surface area contributed by atoms with Gasteiger partial charge in [-0.1, -0.05) is 0 Å². The minimum atomic E-state index is -0.514. The van der Waals surface area contributed by atoms with Crippen LogP contribution in [0.3, 0.4) is 0 Å². The van der Waals surface area contributed by atoms with E-state index in [2.05, 4.69) is 4.74 Å². The Bertz CT molecular complexity index is 172. The lowest BCUT2D eigenvalue weighted by Gasteiger charge is -2.11. The smallest absolute Gasteiger partial charge is 0.316 e. The van der Waals surface area contributed by atoms with Crippen molar-refractivity contribution in [1.29, 1.82) is 0 Å². The second-order valence-electron chi connectivity index (χ2n) is 2.35. The number of amides is 1. The third-order valence-corrected chi connectivity index (χ3v) is 1.69. The van der Waals surface area contributed by atoms with Crippen LogP contribution in [0.25, 0.3) is 0 Å². The number of hydrogen-bond acceptors (Lipinski definition) is 3. The van der Waals surface area contributed by atoms with Gasteiger partial charge in [0.1, 0.15) is 0 Å². The fourth-order valence-corrected chi connectivity index (χ4v) is 0.735. The highest BCUT2D eigenvalue weighted by Crippen LogP contribution is 1.97. The molecule has 0 fully saturated rings. The highest BCUT2D eigenvalue weighted by molar-refractivity contribution is 6.62. The Morgan fingerprint density at radius 1 is 1.50 bits per heavy atom. The molecule has 0 unspecified atom stereocenters. The Labute approximate surface area is 76.4 Å². The topological polar surface area (TPSA) is 46.6 Å². The molecule has 0 heterocycles. The fraction of sp³-hybridized carbons (Fsp3) is 0.714. The van der Waals surface area contributed by atoms with E-state index in [1.807, 2.05) is 0 Å². The van der Waals surface area contributed by atoms with Gasteiger partial charge >= 0.3 is 11.3 Å². The molecule has 70 valence electrons. The Balaban J connectivity index is 3.43. The summed E-state index contributed by atoms with van der Waals surface area (Å²) in [5.74, 6) is -0.273. The van der Waals surface area contributed by atoms with Crippen LogP contribution < -0.4 is 0 Å². The molecule has 0 N–H and O–H groups in total. The second kappa shape index (κ2) is 5.83. The fourth-order valence-electron chi connectivity index (χ4n) is 0.651. The van der Waals surface area contributed by atoms with E-state index in [4.69, 9.17) is 11.6 Å². The first kappa shape index (κ1) is 11.2. The summed E-state index contributed by atoms with van der Waals surface area (Å²) in [6, 6.07) is 0. The summed E-state index contributed by atoms with van der Waals surface area (Å²) in [5.41, 5.74) is 0. The van der Waals surface area contributed by atoms with Crippen LogP contribution in [0, 0.1) is 0 Å². The Morgan fingerprint density at radius 2 is 2.08 bits per heavy atom. The lowest BCUT2D eigenvalue weighted by Crippen LogP contribution is -2.22. The first-order valence-corrected chi connectivity index (χ1v) is 3.93. The largest absolute Gasteiger partial charge is 0.469 e. The molecule has 5 heteroatoms. The maximum Gasteiger partial charge on any atom is 0.316 e. The number of carbonyl (C=O) groups is 2. The molecule has 12 heavy (non-hydrogen) atoms. The van der Waals surface area contributed by atoms with Crippen LogP contribution in [-0.4, -0.2) is 36.9 Å². The number of rotatable bonds is 4. The summed E-state index contributed by atoms with van der Waals surface area (Å²) in [7, 11) is 2.91. The average Bonchev–Trinajstić information content (AvgIpc) is 2.03. The summed E-state index contributed by atoms with van der Waals surface area (Å²) >= 11 is 5.15. The number of methoxy groups -OCH3 is 1. The Hall–Kier alpha value is -0.770. The van der Waals surface area contributed by atoms with E-state index in [1.54, 1.807) is 7.05 Å². The summed E-state index contributed by atoms with van der Waals surface area (Å²) < 4.78 is 4.42. The molecule has 0 bridgehead atoms. The van der Waals surface area contributed by atoms with E-state index in [1.165, 1.54) is 12.0 Å². The average molecular weight is 194 g/mol. The third-order valence-electron chi connectivity index (χ3n) is 1.40. The van der Waals surface area contributed by atoms with Crippen LogP contribution in [0.1, 0.15) is 12.8 Å². The zero-order valence-corrected chi connectivity index (χ0v) is 7.93. The molecule has 0 radical (unpaired) electrons. The molecule has 0 aromatic heterocycles. The molecule has 0 rings (SSSR count). The van der Waals surface area contributed by atoms with Gasteiger partial charge in [-0.05, 0) is 18.0 Å². The predicted octanol–water partition coefficient (Wildman–Crippen LogP) is 1.23. The van der Waals surface area contributed by atoms with Gasteiger partial charge in [0, 0.05) is 20.0 Å². The monoisotopic (exact) mass is 193 g/mol. The molecule has 0 atom stereocenters. The summed E-state index contributed by atoms with van der Waals surface area (Å²) in [4.78, 5) is 22.4. The van der Waals surface area contributed by atoms with E-state index in [0.717, 1.165) is 0 Å². The van der Waals surface area contributed by atoms with Crippen molar-refractivity contribution >= 4 is 22.9 Å². The minimum absolute atomic E-state index is 0.273. The van der Waals surface area contributed by atoms with Crippen LogP contribution in [0.5, 0.6) is 0 Å². The maximum atomic E-state index is 10.6. The van der Waals surface area contributed by atoms with Gasteiger partial charge in [0.2, 0.25) is 0 Å². The molecule has 0 aromatic rings. The normalized spacial score (nSPS) is 9.25. The van der Waals surface area contributed by atoms with Crippen molar-refractivity contribution in [3.63, 3.8) is 0 Å². The number of hydrogen-bond donors (Lipinski definition) is 0. The zero-order valence-electron chi connectivity index (χ0n) is 7.17. The molecule has 1 amide bonds. The number of ether oxygens (including phenoxy) is 1. The highest BCUT2D eigenvalue weighted by atomic mass is 35.5. The molecular weight excluding hydrogens is 182 g/mol. The third kappa shape index (κ3) is 4.96. The predicted molar refractivity (Wildman–Crippen MR) is 45.1 cm³/mol. The minimum Gasteiger partial charge on any atom is -0.469 e. The SMILES string of the molecule is COC(=O)CCCN(C)C(=O)Cl. The Kier molecular flexibility index (Phi) is 5.45. The first-order valence-electron chi connectivity index (χ1n) is 3.55. The second-order valence-corrected chi connectivity index (χ2v) is 2.68. The number of nitrogens with zero attached hydrogens (tertiary/aromatic N) is 1. The number of halogens is 1. The van der Waals surface area contributed by atoms with E-state index in [-0.39, 0.29) is 5.97 Å². The molecule has 0 aliphatic rings. The van der Waals surface area contributed by atoms with E-state index >= 15 is 0 Å².